The summed E-state index contributed by atoms with van der Waals surface area (Å²) < 4.78 is 0. The van der Waals surface area contributed by atoms with Gasteiger partial charge in [-0.05, 0) is 6.16 Å². The second-order valence-electron chi connectivity index (χ2n) is 1.96. The van der Waals surface area contributed by atoms with Crippen molar-refractivity contribution in [1.82, 2.24) is 0 Å². The van der Waals surface area contributed by atoms with Crippen LogP contribution in [0.2, 0.25) is 0 Å². The van der Waals surface area contributed by atoms with Crippen molar-refractivity contribution in [2.75, 3.05) is 0 Å². The summed E-state index contributed by atoms with van der Waals surface area (Å²) in [6.07, 6.45) is 3.20. The van der Waals surface area contributed by atoms with Gasteiger partial charge in [0.05, 0.1) is 0 Å². The van der Waals surface area contributed by atoms with Gasteiger partial charge in [-0.1, -0.05) is 39.5 Å². The zero-order valence-corrected chi connectivity index (χ0v) is 6.55. The number of rotatable bonds is 3. The van der Waals surface area contributed by atoms with Gasteiger partial charge in [-0.25, -0.2) is 0 Å². The third-order valence-electron chi connectivity index (χ3n) is 0.957. The Balaban J connectivity index is 0. The molecule has 0 radical (unpaired) electrons. The van der Waals surface area contributed by atoms with E-state index in [9.17, 15) is 0 Å². The zero-order chi connectivity index (χ0) is 8.41. The van der Waals surface area contributed by atoms with Crippen molar-refractivity contribution in [3.05, 3.63) is 0 Å². The van der Waals surface area contributed by atoms with E-state index in [1.807, 2.05) is 0 Å². The Hall–Kier alpha value is -0.730. The van der Waals surface area contributed by atoms with Crippen LogP contribution >= 0.6 is 0 Å². The molecule has 0 aliphatic rings. The molecule has 0 atom stereocenters. The molecule has 0 aliphatic carbocycles. The molecule has 0 saturated heterocycles. The quantitative estimate of drug-likeness (QED) is 0.532. The van der Waals surface area contributed by atoms with Gasteiger partial charge in [0.25, 0.3) is 0 Å². The second-order valence-corrected chi connectivity index (χ2v) is 1.96. The summed E-state index contributed by atoms with van der Waals surface area (Å²) in [6, 6.07) is 0. The van der Waals surface area contributed by atoms with Crippen LogP contribution in [0.4, 0.5) is 4.79 Å². The van der Waals surface area contributed by atoms with E-state index in [2.05, 4.69) is 13.8 Å². The van der Waals surface area contributed by atoms with Crippen molar-refractivity contribution in [3.8, 4) is 0 Å². The Bertz CT molecular complexity index is 63.3. The molecule has 0 aromatic carbocycles. The molecule has 0 unspecified atom stereocenters. The Kier molecular flexibility index (Phi) is 13.3. The molecule has 0 bridgehead atoms. The number of carbonyl (C=O) groups excluding carboxylic acids is 1. The first-order valence-corrected chi connectivity index (χ1v) is 3.53. The fourth-order valence-electron chi connectivity index (χ4n) is 0.500. The normalized spacial score (nSPS) is 7.80. The maximum atomic E-state index is 8.33. The van der Waals surface area contributed by atoms with Gasteiger partial charge in [0.1, 0.15) is 0 Å². The van der Waals surface area contributed by atoms with E-state index in [4.69, 9.17) is 15.0 Å². The Labute approximate surface area is 61.7 Å². The SMILES string of the molecule is CCCCCC.O=C([O-])[O-]. The number of hydrogen-bond acceptors (Lipinski definition) is 3. The van der Waals surface area contributed by atoms with Gasteiger partial charge in [-0.2, -0.15) is 0 Å². The van der Waals surface area contributed by atoms with Crippen LogP contribution in [0.25, 0.3) is 0 Å². The molecule has 0 heterocycles. The third kappa shape index (κ3) is 55.5. The van der Waals surface area contributed by atoms with Crippen molar-refractivity contribution in [1.29, 1.82) is 0 Å². The highest BCUT2D eigenvalue weighted by atomic mass is 16.6. The number of hydrogen-bond donors (Lipinski definition) is 0. The number of carbonyl (C=O) groups is 1. The van der Waals surface area contributed by atoms with E-state index in [1.165, 1.54) is 25.7 Å². The van der Waals surface area contributed by atoms with E-state index < -0.39 is 6.16 Å². The first-order chi connectivity index (χ1) is 4.65. The van der Waals surface area contributed by atoms with Crippen molar-refractivity contribution >= 4 is 6.16 Å². The lowest BCUT2D eigenvalue weighted by Gasteiger charge is -1.96. The lowest BCUT2D eigenvalue weighted by Crippen LogP contribution is -2.37. The predicted octanol–water partition coefficient (Wildman–Crippen LogP) is 0.140. The Morgan fingerprint density at radius 1 is 1.10 bits per heavy atom. The van der Waals surface area contributed by atoms with Crippen LogP contribution in [0.5, 0.6) is 0 Å². The first-order valence-electron chi connectivity index (χ1n) is 3.53. The highest BCUT2D eigenvalue weighted by Gasteiger charge is 1.75. The summed E-state index contributed by atoms with van der Waals surface area (Å²) in [5.74, 6) is 0. The molecule has 0 amide bonds. The van der Waals surface area contributed by atoms with E-state index in [-0.39, 0.29) is 0 Å². The predicted molar refractivity (Wildman–Crippen MR) is 35.2 cm³/mol. The smallest absolute Gasteiger partial charge is 0.0431 e. The summed E-state index contributed by atoms with van der Waals surface area (Å²) in [5.41, 5.74) is 0. The molecule has 0 rings (SSSR count). The van der Waals surface area contributed by atoms with Crippen LogP contribution in [-0.4, -0.2) is 6.16 Å². The molecular formula is C7H14O3-2. The fourth-order valence-corrected chi connectivity index (χ4v) is 0.500. The summed E-state index contributed by atoms with van der Waals surface area (Å²) in [5, 5.41) is 16.7. The summed E-state index contributed by atoms with van der Waals surface area (Å²) in [7, 11) is 0. The van der Waals surface area contributed by atoms with Crippen LogP contribution in [0.1, 0.15) is 39.5 Å². The maximum Gasteiger partial charge on any atom is -0.0431 e. The fraction of sp³-hybridized carbons (Fsp3) is 0.857. The van der Waals surface area contributed by atoms with Crippen LogP contribution < -0.4 is 10.2 Å². The minimum Gasteiger partial charge on any atom is -0.652 e. The lowest BCUT2D eigenvalue weighted by molar-refractivity contribution is -0.415. The van der Waals surface area contributed by atoms with Crippen molar-refractivity contribution < 1.29 is 15.0 Å². The highest BCUT2D eigenvalue weighted by molar-refractivity contribution is 5.47. The lowest BCUT2D eigenvalue weighted by atomic mass is 10.2. The minimum atomic E-state index is -2.33. The standard InChI is InChI=1S/C6H14.CH2O3/c1-3-5-6-4-2;2-1(3)4/h3-6H2,1-2H3;(H2,2,3,4)/p-2. The molecule has 3 nitrogen and oxygen atoms in total. The van der Waals surface area contributed by atoms with E-state index in [1.54, 1.807) is 0 Å². The van der Waals surface area contributed by atoms with E-state index in [0.29, 0.717) is 0 Å². The van der Waals surface area contributed by atoms with Gasteiger partial charge in [0.2, 0.25) is 0 Å². The number of unbranched alkanes of at least 4 members (excludes halogenated alkanes) is 3. The zero-order valence-electron chi connectivity index (χ0n) is 6.55. The molecule has 0 spiro atoms. The Morgan fingerprint density at radius 2 is 1.30 bits per heavy atom. The van der Waals surface area contributed by atoms with E-state index >= 15 is 0 Å². The van der Waals surface area contributed by atoms with Crippen LogP contribution in [0.15, 0.2) is 0 Å². The number of carboxylic acid groups (broad SMARTS) is 2. The molecular weight excluding hydrogens is 132 g/mol. The van der Waals surface area contributed by atoms with Crippen molar-refractivity contribution in [3.63, 3.8) is 0 Å². The van der Waals surface area contributed by atoms with Crippen molar-refractivity contribution in [2.45, 2.75) is 39.5 Å². The molecule has 0 N–H and O–H groups in total. The highest BCUT2D eigenvalue weighted by Crippen LogP contribution is 1.95. The van der Waals surface area contributed by atoms with Gasteiger partial charge in [-0.15, -0.1) is 0 Å². The molecule has 0 aromatic heterocycles. The van der Waals surface area contributed by atoms with Crippen LogP contribution in [0.3, 0.4) is 0 Å². The monoisotopic (exact) mass is 146 g/mol. The van der Waals surface area contributed by atoms with Gasteiger partial charge >= 0.3 is 0 Å². The average Bonchev–Trinajstić information content (AvgIpc) is 1.82. The molecule has 0 aromatic rings. The van der Waals surface area contributed by atoms with Gasteiger partial charge < -0.3 is 15.0 Å². The largest absolute Gasteiger partial charge is 0.652 e. The molecule has 3 heteroatoms. The van der Waals surface area contributed by atoms with Crippen LogP contribution in [-0.2, 0) is 0 Å². The molecule has 10 heavy (non-hydrogen) atoms. The minimum absolute atomic E-state index is 1.36. The maximum absolute atomic E-state index is 8.33. The topological polar surface area (TPSA) is 63.2 Å². The average molecular weight is 146 g/mol. The molecule has 62 valence electrons. The summed E-state index contributed by atoms with van der Waals surface area (Å²) >= 11 is 0. The molecule has 0 aliphatic heterocycles. The van der Waals surface area contributed by atoms with Crippen LogP contribution in [0, 0.1) is 0 Å². The van der Waals surface area contributed by atoms with E-state index in [0.717, 1.165) is 0 Å². The third-order valence-corrected chi connectivity index (χ3v) is 0.957. The second kappa shape index (κ2) is 11.1. The summed E-state index contributed by atoms with van der Waals surface area (Å²) in [4.78, 5) is 8.33. The Morgan fingerprint density at radius 3 is 1.40 bits per heavy atom. The van der Waals surface area contributed by atoms with Gasteiger partial charge in [0, 0.05) is 0 Å². The summed E-state index contributed by atoms with van der Waals surface area (Å²) in [6.45, 7) is 4.46. The first kappa shape index (κ1) is 12.0. The molecule has 0 saturated carbocycles. The molecule has 0 fully saturated rings. The van der Waals surface area contributed by atoms with Gasteiger partial charge in [0.15, 0.2) is 0 Å². The van der Waals surface area contributed by atoms with Gasteiger partial charge in [-0.3, -0.25) is 0 Å². The van der Waals surface area contributed by atoms with Crippen molar-refractivity contribution in [2.24, 2.45) is 0 Å².